The molecule has 0 saturated carbocycles. The summed E-state index contributed by atoms with van der Waals surface area (Å²) in [4.78, 5) is 2.27. The van der Waals surface area contributed by atoms with Crippen LogP contribution in [0.25, 0.3) is 0 Å². The van der Waals surface area contributed by atoms with E-state index in [4.69, 9.17) is 5.73 Å². The van der Waals surface area contributed by atoms with Crippen LogP contribution >= 0.6 is 11.5 Å². The van der Waals surface area contributed by atoms with Gasteiger partial charge in [0.1, 0.15) is 10.8 Å². The van der Waals surface area contributed by atoms with Gasteiger partial charge < -0.3 is 10.6 Å². The van der Waals surface area contributed by atoms with Gasteiger partial charge >= 0.3 is 0 Å². The van der Waals surface area contributed by atoms with Gasteiger partial charge in [0.15, 0.2) is 0 Å². The molecule has 0 aliphatic rings. The van der Waals surface area contributed by atoms with Crippen LogP contribution in [0.15, 0.2) is 6.07 Å². The summed E-state index contributed by atoms with van der Waals surface area (Å²) in [5.41, 5.74) is 5.54. The van der Waals surface area contributed by atoms with Gasteiger partial charge in [-0.05, 0) is 32.3 Å². The van der Waals surface area contributed by atoms with Gasteiger partial charge in [-0.1, -0.05) is 0 Å². The van der Waals surface area contributed by atoms with E-state index in [1.807, 2.05) is 6.07 Å². The minimum Gasteiger partial charge on any atom is -0.383 e. The summed E-state index contributed by atoms with van der Waals surface area (Å²) in [6.45, 7) is 7.47. The van der Waals surface area contributed by atoms with E-state index in [9.17, 15) is 0 Å². The van der Waals surface area contributed by atoms with Crippen molar-refractivity contribution in [1.82, 2.24) is 4.37 Å². The molecule has 0 atom stereocenters. The third kappa shape index (κ3) is 1.88. The number of aromatic nitrogens is 1. The van der Waals surface area contributed by atoms with Crippen molar-refractivity contribution < 1.29 is 0 Å². The molecule has 12 heavy (non-hydrogen) atoms. The maximum absolute atomic E-state index is 5.54. The van der Waals surface area contributed by atoms with Crippen LogP contribution in [0, 0.1) is 0 Å². The summed E-state index contributed by atoms with van der Waals surface area (Å²) in [5, 5.41) is 1.16. The van der Waals surface area contributed by atoms with E-state index in [1.54, 1.807) is 0 Å². The molecule has 1 rings (SSSR count). The SMILES string of the molecule is CCN(c1cc(N)ns1)C(C)C. The first kappa shape index (κ1) is 9.32. The van der Waals surface area contributed by atoms with Gasteiger partial charge in [-0.15, -0.1) is 0 Å². The van der Waals surface area contributed by atoms with Crippen LogP contribution in [0.4, 0.5) is 10.8 Å². The van der Waals surface area contributed by atoms with E-state index >= 15 is 0 Å². The van der Waals surface area contributed by atoms with Crippen molar-refractivity contribution in [1.29, 1.82) is 0 Å². The highest BCUT2D eigenvalue weighted by Crippen LogP contribution is 2.24. The number of nitrogen functional groups attached to an aromatic ring is 1. The fourth-order valence-corrected chi connectivity index (χ4v) is 2.06. The average Bonchev–Trinajstić information content (AvgIpc) is 2.37. The maximum Gasteiger partial charge on any atom is 0.139 e. The van der Waals surface area contributed by atoms with Crippen molar-refractivity contribution in [3.63, 3.8) is 0 Å². The van der Waals surface area contributed by atoms with E-state index in [0.717, 1.165) is 11.5 Å². The Hall–Kier alpha value is -0.770. The van der Waals surface area contributed by atoms with Gasteiger partial charge in [-0.2, -0.15) is 4.37 Å². The lowest BCUT2D eigenvalue weighted by atomic mass is 10.3. The molecule has 1 heterocycles. The fourth-order valence-electron chi connectivity index (χ4n) is 1.19. The fraction of sp³-hybridized carbons (Fsp3) is 0.625. The summed E-state index contributed by atoms with van der Waals surface area (Å²) in [7, 11) is 0. The number of hydrogen-bond donors (Lipinski definition) is 1. The normalized spacial score (nSPS) is 10.7. The second-order valence-electron chi connectivity index (χ2n) is 2.97. The first-order chi connectivity index (χ1) is 5.65. The number of nitrogens with two attached hydrogens (primary N) is 1. The van der Waals surface area contributed by atoms with Crippen molar-refractivity contribution in [2.45, 2.75) is 26.8 Å². The molecular weight excluding hydrogens is 170 g/mol. The summed E-state index contributed by atoms with van der Waals surface area (Å²) in [6, 6.07) is 2.43. The predicted octanol–water partition coefficient (Wildman–Crippen LogP) is 1.96. The van der Waals surface area contributed by atoms with Gasteiger partial charge in [0.25, 0.3) is 0 Å². The second-order valence-corrected chi connectivity index (χ2v) is 3.75. The van der Waals surface area contributed by atoms with Crippen molar-refractivity contribution in [2.24, 2.45) is 0 Å². The lowest BCUT2D eigenvalue weighted by Gasteiger charge is -2.24. The lowest BCUT2D eigenvalue weighted by molar-refractivity contribution is 0.710. The van der Waals surface area contributed by atoms with Crippen molar-refractivity contribution in [3.8, 4) is 0 Å². The molecule has 2 N–H and O–H groups in total. The van der Waals surface area contributed by atoms with Crippen molar-refractivity contribution >= 4 is 22.4 Å². The molecule has 1 aromatic rings. The maximum atomic E-state index is 5.54. The topological polar surface area (TPSA) is 42.1 Å². The van der Waals surface area contributed by atoms with E-state index in [-0.39, 0.29) is 0 Å². The quantitative estimate of drug-likeness (QED) is 0.782. The molecular formula is C8H15N3S. The van der Waals surface area contributed by atoms with Gasteiger partial charge in [-0.25, -0.2) is 0 Å². The molecule has 0 spiro atoms. The van der Waals surface area contributed by atoms with Gasteiger partial charge in [0.05, 0.1) is 0 Å². The van der Waals surface area contributed by atoms with Crippen molar-refractivity contribution in [2.75, 3.05) is 17.2 Å². The van der Waals surface area contributed by atoms with Crippen LogP contribution in [0.1, 0.15) is 20.8 Å². The summed E-state index contributed by atoms with van der Waals surface area (Å²) in [5.74, 6) is 0.620. The molecule has 0 aliphatic carbocycles. The first-order valence-electron chi connectivity index (χ1n) is 4.14. The Kier molecular flexibility index (Phi) is 2.92. The molecule has 0 amide bonds. The molecule has 0 bridgehead atoms. The van der Waals surface area contributed by atoms with Crippen LogP contribution in [-0.4, -0.2) is 17.0 Å². The first-order valence-corrected chi connectivity index (χ1v) is 4.91. The van der Waals surface area contributed by atoms with Gasteiger partial charge in [0, 0.05) is 18.7 Å². The second kappa shape index (κ2) is 3.76. The highest BCUT2D eigenvalue weighted by atomic mass is 32.1. The number of anilines is 2. The van der Waals surface area contributed by atoms with Gasteiger partial charge in [0.2, 0.25) is 0 Å². The minimum absolute atomic E-state index is 0.509. The standard InChI is InChI=1S/C8H15N3S/c1-4-11(6(2)3)8-5-7(9)10-12-8/h5-6H,4H2,1-3H3,(H2,9,10). The van der Waals surface area contributed by atoms with E-state index in [1.165, 1.54) is 11.5 Å². The van der Waals surface area contributed by atoms with Crippen LogP contribution in [-0.2, 0) is 0 Å². The van der Waals surface area contributed by atoms with Gasteiger partial charge in [-0.3, -0.25) is 0 Å². The highest BCUT2D eigenvalue weighted by Gasteiger charge is 2.10. The predicted molar refractivity (Wildman–Crippen MR) is 54.7 cm³/mol. The van der Waals surface area contributed by atoms with Crippen LogP contribution < -0.4 is 10.6 Å². The largest absolute Gasteiger partial charge is 0.383 e. The van der Waals surface area contributed by atoms with E-state index < -0.39 is 0 Å². The molecule has 1 aromatic heterocycles. The molecule has 0 aromatic carbocycles. The molecule has 0 saturated heterocycles. The number of nitrogens with zero attached hydrogens (tertiary/aromatic N) is 2. The zero-order chi connectivity index (χ0) is 9.14. The highest BCUT2D eigenvalue weighted by molar-refractivity contribution is 7.10. The smallest absolute Gasteiger partial charge is 0.139 e. The summed E-state index contributed by atoms with van der Waals surface area (Å²) < 4.78 is 4.05. The van der Waals surface area contributed by atoms with Crippen LogP contribution in [0.5, 0.6) is 0 Å². The number of hydrogen-bond acceptors (Lipinski definition) is 4. The zero-order valence-corrected chi connectivity index (χ0v) is 8.56. The Bertz CT molecular complexity index is 244. The van der Waals surface area contributed by atoms with Crippen LogP contribution in [0.3, 0.4) is 0 Å². The van der Waals surface area contributed by atoms with Crippen molar-refractivity contribution in [3.05, 3.63) is 6.07 Å². The van der Waals surface area contributed by atoms with Crippen LogP contribution in [0.2, 0.25) is 0 Å². The van der Waals surface area contributed by atoms with E-state index in [0.29, 0.717) is 11.9 Å². The lowest BCUT2D eigenvalue weighted by Crippen LogP contribution is -2.29. The van der Waals surface area contributed by atoms with E-state index in [2.05, 4.69) is 30.0 Å². The molecule has 68 valence electrons. The molecule has 3 nitrogen and oxygen atoms in total. The zero-order valence-electron chi connectivity index (χ0n) is 7.74. The molecule has 0 fully saturated rings. The Morgan fingerprint density at radius 2 is 2.33 bits per heavy atom. The minimum atomic E-state index is 0.509. The molecule has 4 heteroatoms. The average molecular weight is 185 g/mol. The summed E-state index contributed by atoms with van der Waals surface area (Å²) >= 11 is 1.46. The third-order valence-electron chi connectivity index (χ3n) is 1.76. The summed E-state index contributed by atoms with van der Waals surface area (Å²) in [6.07, 6.45) is 0. The molecule has 0 aliphatic heterocycles. The number of rotatable bonds is 3. The Balaban J connectivity index is 2.80. The monoisotopic (exact) mass is 185 g/mol. The Morgan fingerprint density at radius 3 is 2.67 bits per heavy atom. The Labute approximate surface area is 77.4 Å². The molecule has 0 radical (unpaired) electrons. The third-order valence-corrected chi connectivity index (χ3v) is 2.60. The molecule has 0 unspecified atom stereocenters. The Morgan fingerprint density at radius 1 is 1.67 bits per heavy atom.